The van der Waals surface area contributed by atoms with Crippen LogP contribution in [0.25, 0.3) is 0 Å². The molecule has 17 nitrogen and oxygen atoms in total. The van der Waals surface area contributed by atoms with Crippen molar-refractivity contribution in [2.45, 2.75) is 39.7 Å². The Morgan fingerprint density at radius 1 is 0.412 bits per heavy atom. The van der Waals surface area contributed by atoms with E-state index in [9.17, 15) is 9.59 Å². The number of nitrogens with one attached hydrogen (secondary N) is 1. The molecule has 304 valence electrons. The molecule has 51 heavy (non-hydrogen) atoms. The molecule has 1 N–H and O–H groups in total. The molecule has 0 rings (SSSR count). The second-order valence-electron chi connectivity index (χ2n) is 11.3. The first-order chi connectivity index (χ1) is 24.8. The SMILES string of the molecule is CCOC(=O)CCOCCOCCOCCOCCOCCOCCOCCOCCOCCOCCOCCOCCNC(=O)OC(C)(C)C. The topological polar surface area (TPSA) is 175 Å². The molecular formula is C34H67NO16. The third kappa shape index (κ3) is 44.3. The van der Waals surface area contributed by atoms with Crippen molar-refractivity contribution in [2.75, 3.05) is 172 Å². The summed E-state index contributed by atoms with van der Waals surface area (Å²) in [4.78, 5) is 22.6. The van der Waals surface area contributed by atoms with Gasteiger partial charge in [0.05, 0.1) is 172 Å². The van der Waals surface area contributed by atoms with Gasteiger partial charge in [-0.25, -0.2) is 4.79 Å². The third-order valence-corrected chi connectivity index (χ3v) is 5.76. The van der Waals surface area contributed by atoms with Crippen LogP contribution in [0.1, 0.15) is 34.1 Å². The van der Waals surface area contributed by atoms with Crippen molar-refractivity contribution < 1.29 is 75.9 Å². The van der Waals surface area contributed by atoms with Crippen molar-refractivity contribution in [3.63, 3.8) is 0 Å². The van der Waals surface area contributed by atoms with Crippen molar-refractivity contribution in [1.29, 1.82) is 0 Å². The molecule has 0 aliphatic rings. The van der Waals surface area contributed by atoms with Crippen LogP contribution in [-0.4, -0.2) is 189 Å². The highest BCUT2D eigenvalue weighted by Crippen LogP contribution is 2.06. The van der Waals surface area contributed by atoms with Crippen LogP contribution >= 0.6 is 0 Å². The van der Waals surface area contributed by atoms with Crippen LogP contribution in [0.4, 0.5) is 4.79 Å². The minimum Gasteiger partial charge on any atom is -0.466 e. The molecule has 0 saturated heterocycles. The Kier molecular flexibility index (Phi) is 38.1. The van der Waals surface area contributed by atoms with E-state index in [0.717, 1.165) is 0 Å². The molecule has 0 aromatic rings. The maximum Gasteiger partial charge on any atom is 0.407 e. The third-order valence-electron chi connectivity index (χ3n) is 5.76. The van der Waals surface area contributed by atoms with Crippen molar-refractivity contribution in [3.05, 3.63) is 0 Å². The normalized spacial score (nSPS) is 11.6. The lowest BCUT2D eigenvalue weighted by atomic mass is 10.2. The summed E-state index contributed by atoms with van der Waals surface area (Å²) in [7, 11) is 0. The molecular weight excluding hydrogens is 678 g/mol. The average molecular weight is 746 g/mol. The van der Waals surface area contributed by atoms with E-state index in [0.29, 0.717) is 172 Å². The van der Waals surface area contributed by atoms with Crippen LogP contribution in [0.15, 0.2) is 0 Å². The van der Waals surface area contributed by atoms with Gasteiger partial charge < -0.3 is 71.6 Å². The van der Waals surface area contributed by atoms with Gasteiger partial charge in [0, 0.05) is 6.54 Å². The lowest BCUT2D eigenvalue weighted by Gasteiger charge is -2.19. The van der Waals surface area contributed by atoms with Gasteiger partial charge in [-0.2, -0.15) is 0 Å². The first-order valence-electron chi connectivity index (χ1n) is 17.9. The minimum absolute atomic E-state index is 0.251. The van der Waals surface area contributed by atoms with E-state index < -0.39 is 11.7 Å². The zero-order valence-corrected chi connectivity index (χ0v) is 31.6. The van der Waals surface area contributed by atoms with Crippen molar-refractivity contribution in [1.82, 2.24) is 5.32 Å². The lowest BCUT2D eigenvalue weighted by molar-refractivity contribution is -0.144. The first kappa shape index (κ1) is 49.3. The summed E-state index contributed by atoms with van der Waals surface area (Å²) >= 11 is 0. The number of esters is 1. The Bertz CT molecular complexity index is 744. The molecule has 0 aliphatic heterocycles. The molecule has 0 aromatic heterocycles. The highest BCUT2D eigenvalue weighted by atomic mass is 16.6. The number of ether oxygens (including phenoxy) is 14. The Morgan fingerprint density at radius 3 is 0.922 bits per heavy atom. The number of rotatable bonds is 40. The predicted octanol–water partition coefficient (Wildman–Crippen LogP) is 1.66. The summed E-state index contributed by atoms with van der Waals surface area (Å²) in [6.07, 6.45) is -0.205. The van der Waals surface area contributed by atoms with E-state index in [2.05, 4.69) is 5.32 Å². The fraction of sp³-hybridized carbons (Fsp3) is 0.941. The van der Waals surface area contributed by atoms with Crippen LogP contribution in [0.3, 0.4) is 0 Å². The standard InChI is InChI=1S/C34H67NO16/c1-5-50-32(36)6-8-38-10-12-40-14-16-42-18-20-44-22-24-46-26-28-48-30-31-49-29-27-47-25-23-45-21-19-43-17-15-41-13-11-39-9-7-35-33(37)51-34(2,3)4/h5-31H2,1-4H3,(H,35,37). The van der Waals surface area contributed by atoms with E-state index in [1.807, 2.05) is 20.8 Å². The van der Waals surface area contributed by atoms with Gasteiger partial charge in [0.1, 0.15) is 5.60 Å². The first-order valence-corrected chi connectivity index (χ1v) is 17.9. The van der Waals surface area contributed by atoms with Crippen LogP contribution < -0.4 is 5.32 Å². The number of hydrogen-bond acceptors (Lipinski definition) is 16. The Balaban J connectivity index is 3.11. The predicted molar refractivity (Wildman–Crippen MR) is 185 cm³/mol. The molecule has 0 fully saturated rings. The molecule has 0 aromatic carbocycles. The summed E-state index contributed by atoms with van der Waals surface area (Å²) in [6.45, 7) is 19.1. The van der Waals surface area contributed by atoms with Gasteiger partial charge in [-0.05, 0) is 27.7 Å². The zero-order chi connectivity index (χ0) is 37.4. The number of carbonyl (C=O) groups excluding carboxylic acids is 2. The van der Waals surface area contributed by atoms with Gasteiger partial charge in [0.25, 0.3) is 0 Å². The molecule has 0 radical (unpaired) electrons. The number of hydrogen-bond donors (Lipinski definition) is 1. The average Bonchev–Trinajstić information content (AvgIpc) is 3.08. The van der Waals surface area contributed by atoms with Gasteiger partial charge in [0.15, 0.2) is 0 Å². The second kappa shape index (κ2) is 39.5. The summed E-state index contributed by atoms with van der Waals surface area (Å²) in [5.41, 5.74) is -0.515. The van der Waals surface area contributed by atoms with Crippen molar-refractivity contribution >= 4 is 12.1 Å². The van der Waals surface area contributed by atoms with Gasteiger partial charge in [-0.3, -0.25) is 4.79 Å². The fourth-order valence-corrected chi connectivity index (χ4v) is 3.45. The Morgan fingerprint density at radius 2 is 0.667 bits per heavy atom. The lowest BCUT2D eigenvalue weighted by Crippen LogP contribution is -2.34. The van der Waals surface area contributed by atoms with Crippen LogP contribution in [0.5, 0.6) is 0 Å². The molecule has 0 bridgehead atoms. The van der Waals surface area contributed by atoms with E-state index >= 15 is 0 Å². The molecule has 0 aliphatic carbocycles. The van der Waals surface area contributed by atoms with Crippen LogP contribution in [-0.2, 0) is 71.1 Å². The maximum atomic E-state index is 11.5. The van der Waals surface area contributed by atoms with Gasteiger partial charge in [0.2, 0.25) is 0 Å². The molecule has 0 unspecified atom stereocenters. The summed E-state index contributed by atoms with van der Waals surface area (Å²) in [5.74, 6) is -0.255. The Hall–Kier alpha value is -1.74. The largest absolute Gasteiger partial charge is 0.466 e. The smallest absolute Gasteiger partial charge is 0.407 e. The van der Waals surface area contributed by atoms with Gasteiger partial charge in [-0.1, -0.05) is 0 Å². The summed E-state index contributed by atoms with van der Waals surface area (Å²) in [5, 5.41) is 2.63. The van der Waals surface area contributed by atoms with Gasteiger partial charge in [-0.15, -0.1) is 0 Å². The van der Waals surface area contributed by atoms with Crippen molar-refractivity contribution in [2.24, 2.45) is 0 Å². The highest BCUT2D eigenvalue weighted by Gasteiger charge is 2.15. The summed E-state index contributed by atoms with van der Waals surface area (Å²) in [6, 6.07) is 0. The molecule has 0 heterocycles. The highest BCUT2D eigenvalue weighted by molar-refractivity contribution is 5.69. The Labute approximate surface area is 304 Å². The number of amides is 1. The van der Waals surface area contributed by atoms with E-state index in [1.54, 1.807) is 6.92 Å². The maximum absolute atomic E-state index is 11.5. The van der Waals surface area contributed by atoms with E-state index in [1.165, 1.54) is 0 Å². The molecule has 0 atom stereocenters. The van der Waals surface area contributed by atoms with Crippen LogP contribution in [0.2, 0.25) is 0 Å². The minimum atomic E-state index is -0.515. The summed E-state index contributed by atoms with van der Waals surface area (Å²) < 4.78 is 75.2. The fourth-order valence-electron chi connectivity index (χ4n) is 3.45. The van der Waals surface area contributed by atoms with Gasteiger partial charge >= 0.3 is 12.1 Å². The van der Waals surface area contributed by atoms with E-state index in [-0.39, 0.29) is 12.4 Å². The van der Waals surface area contributed by atoms with Crippen LogP contribution in [0, 0.1) is 0 Å². The zero-order valence-electron chi connectivity index (χ0n) is 31.6. The molecule has 1 amide bonds. The second-order valence-corrected chi connectivity index (χ2v) is 11.3. The molecule has 0 saturated carbocycles. The molecule has 0 spiro atoms. The number of alkyl carbamates (subject to hydrolysis) is 1. The number of carbonyl (C=O) groups is 2. The van der Waals surface area contributed by atoms with E-state index in [4.69, 9.17) is 66.3 Å². The van der Waals surface area contributed by atoms with Crippen molar-refractivity contribution in [3.8, 4) is 0 Å². The monoisotopic (exact) mass is 745 g/mol. The molecule has 17 heteroatoms. The quantitative estimate of drug-likeness (QED) is 0.0708.